The number of carbonyl (C=O) groups excluding carboxylic acids is 1. The Morgan fingerprint density at radius 2 is 1.86 bits per heavy atom. The molecule has 2 aromatic rings. The molecule has 0 bridgehead atoms. The lowest BCUT2D eigenvalue weighted by atomic mass is 9.97. The van der Waals surface area contributed by atoms with Crippen LogP contribution in [0, 0.1) is 0 Å². The van der Waals surface area contributed by atoms with Gasteiger partial charge >= 0.3 is 0 Å². The first kappa shape index (κ1) is 17.6. The van der Waals surface area contributed by atoms with Crippen LogP contribution in [0.25, 0.3) is 0 Å². The van der Waals surface area contributed by atoms with E-state index in [1.807, 2.05) is 17.0 Å². The summed E-state index contributed by atoms with van der Waals surface area (Å²) in [7, 11) is 0. The van der Waals surface area contributed by atoms with Crippen molar-refractivity contribution in [1.82, 2.24) is 4.90 Å². The number of hydrogen-bond donors (Lipinski definition) is 0. The molecular formula is C23H26N2O3. The largest absolute Gasteiger partial charge is 0.368 e. The van der Waals surface area contributed by atoms with Gasteiger partial charge < -0.3 is 14.7 Å². The van der Waals surface area contributed by atoms with Crippen LogP contribution in [0.5, 0.6) is 5.75 Å². The van der Waals surface area contributed by atoms with Gasteiger partial charge in [-0.2, -0.15) is 4.89 Å². The number of benzene rings is 2. The van der Waals surface area contributed by atoms with Crippen LogP contribution in [-0.4, -0.2) is 43.6 Å². The van der Waals surface area contributed by atoms with E-state index in [1.54, 1.807) is 0 Å². The Morgan fingerprint density at radius 1 is 1.00 bits per heavy atom. The quantitative estimate of drug-likeness (QED) is 0.769. The highest BCUT2D eigenvalue weighted by atomic mass is 17.2. The molecule has 5 heteroatoms. The fourth-order valence-electron chi connectivity index (χ4n) is 4.82. The summed E-state index contributed by atoms with van der Waals surface area (Å²) in [4.78, 5) is 27.8. The van der Waals surface area contributed by atoms with Crippen molar-refractivity contribution in [3.63, 3.8) is 0 Å². The number of nitrogens with zero attached hydrogens (tertiary/aromatic N) is 2. The third-order valence-corrected chi connectivity index (χ3v) is 6.34. The molecule has 2 aromatic carbocycles. The summed E-state index contributed by atoms with van der Waals surface area (Å²) in [5, 5.41) is 0. The Morgan fingerprint density at radius 3 is 2.75 bits per heavy atom. The highest BCUT2D eigenvalue weighted by molar-refractivity contribution is 5.78. The van der Waals surface area contributed by atoms with Crippen LogP contribution >= 0.6 is 0 Å². The van der Waals surface area contributed by atoms with Crippen LogP contribution in [0.2, 0.25) is 0 Å². The number of hydrogen-bond acceptors (Lipinski definition) is 4. The zero-order chi connectivity index (χ0) is 18.9. The first-order chi connectivity index (χ1) is 13.8. The maximum atomic E-state index is 12.9. The second-order valence-electron chi connectivity index (χ2n) is 7.92. The van der Waals surface area contributed by atoms with Crippen LogP contribution in [0.15, 0.2) is 42.5 Å². The van der Waals surface area contributed by atoms with Crippen LogP contribution in [0.1, 0.15) is 35.4 Å². The molecule has 28 heavy (non-hydrogen) atoms. The van der Waals surface area contributed by atoms with E-state index in [0.717, 1.165) is 51.2 Å². The Balaban J connectivity index is 1.22. The Kier molecular flexibility index (Phi) is 4.69. The van der Waals surface area contributed by atoms with Gasteiger partial charge in [0.15, 0.2) is 5.75 Å². The fraction of sp³-hybridized carbons (Fsp3) is 0.435. The van der Waals surface area contributed by atoms with Gasteiger partial charge in [-0.3, -0.25) is 4.79 Å². The highest BCUT2D eigenvalue weighted by Gasteiger charge is 2.29. The summed E-state index contributed by atoms with van der Waals surface area (Å²) in [6, 6.07) is 14.7. The number of aryl methyl sites for hydroxylation is 1. The number of anilines is 1. The summed E-state index contributed by atoms with van der Waals surface area (Å²) in [6.07, 6.45) is 3.71. The lowest BCUT2D eigenvalue weighted by Gasteiger charge is -2.38. The third-order valence-electron chi connectivity index (χ3n) is 6.34. The zero-order valence-electron chi connectivity index (χ0n) is 16.1. The molecule has 1 fully saturated rings. The average molecular weight is 378 g/mol. The molecule has 0 radical (unpaired) electrons. The summed E-state index contributed by atoms with van der Waals surface area (Å²) < 4.78 is 0. The molecule has 1 atom stereocenters. The SMILES string of the molecule is O=C(CC1CCc2ccccc21)N1CCN(c2cccc3c2CCOO3)CC1. The highest BCUT2D eigenvalue weighted by Crippen LogP contribution is 2.36. The minimum Gasteiger partial charge on any atom is -0.368 e. The van der Waals surface area contributed by atoms with Gasteiger partial charge in [-0.25, -0.2) is 0 Å². The summed E-state index contributed by atoms with van der Waals surface area (Å²) in [5.74, 6) is 1.51. The molecule has 2 aliphatic heterocycles. The van der Waals surface area contributed by atoms with E-state index in [4.69, 9.17) is 9.78 Å². The van der Waals surface area contributed by atoms with Crippen molar-refractivity contribution in [2.45, 2.75) is 31.6 Å². The van der Waals surface area contributed by atoms with E-state index in [1.165, 1.54) is 22.4 Å². The van der Waals surface area contributed by atoms with Gasteiger partial charge in [0.1, 0.15) is 0 Å². The van der Waals surface area contributed by atoms with Gasteiger partial charge in [-0.05, 0) is 42.0 Å². The molecule has 1 saturated heterocycles. The second kappa shape index (κ2) is 7.47. The first-order valence-electron chi connectivity index (χ1n) is 10.3. The minimum absolute atomic E-state index is 0.299. The van der Waals surface area contributed by atoms with Crippen molar-refractivity contribution in [1.29, 1.82) is 0 Å². The van der Waals surface area contributed by atoms with E-state index in [2.05, 4.69) is 35.2 Å². The van der Waals surface area contributed by atoms with Crippen molar-refractivity contribution >= 4 is 11.6 Å². The lowest BCUT2D eigenvalue weighted by molar-refractivity contribution is -0.215. The Bertz CT molecular complexity index is 874. The molecule has 0 saturated carbocycles. The van der Waals surface area contributed by atoms with Crippen LogP contribution in [0.3, 0.4) is 0 Å². The smallest absolute Gasteiger partial charge is 0.223 e. The van der Waals surface area contributed by atoms with E-state index in [9.17, 15) is 4.79 Å². The number of amides is 1. The van der Waals surface area contributed by atoms with Crippen LogP contribution in [-0.2, 0) is 22.5 Å². The predicted molar refractivity (Wildman–Crippen MR) is 108 cm³/mol. The number of carbonyl (C=O) groups is 1. The fourth-order valence-corrected chi connectivity index (χ4v) is 4.82. The zero-order valence-corrected chi connectivity index (χ0v) is 16.1. The molecule has 1 amide bonds. The standard InChI is InChI=1S/C23H26N2O3/c26-23(16-18-9-8-17-4-1-2-5-19(17)18)25-13-11-24(12-14-25)21-6-3-7-22-20(21)10-15-27-28-22/h1-7,18H,8-16H2. The van der Waals surface area contributed by atoms with Crippen molar-refractivity contribution in [3.8, 4) is 5.75 Å². The van der Waals surface area contributed by atoms with Crippen molar-refractivity contribution in [2.75, 3.05) is 37.7 Å². The third kappa shape index (κ3) is 3.24. The average Bonchev–Trinajstić information content (AvgIpc) is 3.16. The normalized spacial score (nSPS) is 21.1. The molecule has 0 spiro atoms. The lowest BCUT2D eigenvalue weighted by Crippen LogP contribution is -2.49. The van der Waals surface area contributed by atoms with Crippen LogP contribution in [0.4, 0.5) is 5.69 Å². The van der Waals surface area contributed by atoms with Crippen molar-refractivity contribution in [3.05, 3.63) is 59.2 Å². The molecule has 5 nitrogen and oxygen atoms in total. The molecule has 2 heterocycles. The van der Waals surface area contributed by atoms with Crippen LogP contribution < -0.4 is 9.79 Å². The van der Waals surface area contributed by atoms with E-state index in [0.29, 0.717) is 24.9 Å². The van der Waals surface area contributed by atoms with E-state index < -0.39 is 0 Å². The Hall–Kier alpha value is -2.53. The van der Waals surface area contributed by atoms with Crippen molar-refractivity contribution < 1.29 is 14.6 Å². The molecule has 1 unspecified atom stereocenters. The van der Waals surface area contributed by atoms with Gasteiger partial charge in [-0.1, -0.05) is 30.3 Å². The monoisotopic (exact) mass is 378 g/mol. The van der Waals surface area contributed by atoms with Gasteiger partial charge in [0, 0.05) is 50.3 Å². The van der Waals surface area contributed by atoms with Gasteiger partial charge in [0.2, 0.25) is 5.91 Å². The topological polar surface area (TPSA) is 42.0 Å². The molecule has 1 aliphatic carbocycles. The maximum Gasteiger partial charge on any atom is 0.223 e. The molecule has 146 valence electrons. The van der Waals surface area contributed by atoms with Gasteiger partial charge in [0.25, 0.3) is 0 Å². The summed E-state index contributed by atoms with van der Waals surface area (Å²) in [6.45, 7) is 3.89. The van der Waals surface area contributed by atoms with Gasteiger partial charge in [0.05, 0.1) is 6.61 Å². The summed E-state index contributed by atoms with van der Waals surface area (Å²) in [5.41, 5.74) is 5.24. The second-order valence-corrected chi connectivity index (χ2v) is 7.92. The van der Waals surface area contributed by atoms with Crippen molar-refractivity contribution in [2.24, 2.45) is 0 Å². The van der Waals surface area contributed by atoms with Gasteiger partial charge in [-0.15, -0.1) is 0 Å². The molecule has 3 aliphatic rings. The molecule has 5 rings (SSSR count). The minimum atomic E-state index is 0.299. The maximum absolute atomic E-state index is 12.9. The van der Waals surface area contributed by atoms with E-state index in [-0.39, 0.29) is 0 Å². The van der Waals surface area contributed by atoms with E-state index >= 15 is 0 Å². The molecular weight excluding hydrogens is 352 g/mol. The number of piperazine rings is 1. The predicted octanol–water partition coefficient (Wildman–Crippen LogP) is 3.32. The molecule has 0 aromatic heterocycles. The number of rotatable bonds is 3. The molecule has 0 N–H and O–H groups in total. The number of fused-ring (bicyclic) bond motifs is 2. The first-order valence-corrected chi connectivity index (χ1v) is 10.3. The summed E-state index contributed by atoms with van der Waals surface area (Å²) >= 11 is 0. The Labute approximate surface area is 165 Å².